The van der Waals surface area contributed by atoms with E-state index in [4.69, 9.17) is 4.74 Å². The van der Waals surface area contributed by atoms with Gasteiger partial charge in [0.25, 0.3) is 0 Å². The molecule has 1 heterocycles. The molecule has 19 heavy (non-hydrogen) atoms. The van der Waals surface area contributed by atoms with E-state index in [1.807, 2.05) is 6.08 Å². The number of carbonyl (C=O) groups excluding carboxylic acids is 1. The van der Waals surface area contributed by atoms with Crippen molar-refractivity contribution in [3.05, 3.63) is 34.4 Å². The number of hydrogen-bond acceptors (Lipinski definition) is 2. The van der Waals surface area contributed by atoms with Crippen LogP contribution in [-0.4, -0.2) is 18.0 Å². The fourth-order valence-corrected chi connectivity index (χ4v) is 4.22. The van der Waals surface area contributed by atoms with Crippen molar-refractivity contribution in [3.8, 4) is 0 Å². The number of ketones is 1. The average molecular weight is 258 g/mol. The number of ether oxygens (including phenoxy) is 1. The van der Waals surface area contributed by atoms with Gasteiger partial charge in [0.05, 0.1) is 18.1 Å². The van der Waals surface area contributed by atoms with Gasteiger partial charge in [-0.05, 0) is 55.6 Å². The molecule has 0 aromatic carbocycles. The molecule has 2 nitrogen and oxygen atoms in total. The van der Waals surface area contributed by atoms with Gasteiger partial charge in [-0.25, -0.2) is 0 Å². The van der Waals surface area contributed by atoms with E-state index in [1.54, 1.807) is 6.08 Å². The molecule has 0 spiro atoms. The Balaban J connectivity index is 2.25. The molecule has 3 rings (SSSR count). The van der Waals surface area contributed by atoms with Gasteiger partial charge in [0.15, 0.2) is 5.78 Å². The van der Waals surface area contributed by atoms with Crippen LogP contribution in [0.25, 0.3) is 0 Å². The summed E-state index contributed by atoms with van der Waals surface area (Å²) in [6.45, 7) is 9.37. The lowest BCUT2D eigenvalue weighted by Crippen LogP contribution is -2.44. The van der Waals surface area contributed by atoms with Crippen LogP contribution in [0.5, 0.6) is 0 Å². The van der Waals surface area contributed by atoms with Crippen LogP contribution in [0.15, 0.2) is 34.4 Å². The summed E-state index contributed by atoms with van der Waals surface area (Å²) in [5.41, 5.74) is 5.20. The Labute approximate surface area is 115 Å². The van der Waals surface area contributed by atoms with E-state index in [2.05, 4.69) is 27.7 Å². The summed E-state index contributed by atoms with van der Waals surface area (Å²) in [5, 5.41) is 0. The van der Waals surface area contributed by atoms with Crippen molar-refractivity contribution in [2.45, 2.75) is 46.1 Å². The van der Waals surface area contributed by atoms with Crippen molar-refractivity contribution in [2.24, 2.45) is 11.8 Å². The van der Waals surface area contributed by atoms with E-state index in [9.17, 15) is 4.79 Å². The Morgan fingerprint density at radius 3 is 2.74 bits per heavy atom. The SMILES string of the molecule is CCC1=C(CC)[C@@H]2C(=O)C=C[C@]3(C)OCC(=C1C)[C@H]23. The molecule has 0 aromatic rings. The van der Waals surface area contributed by atoms with Gasteiger partial charge in [-0.3, -0.25) is 4.79 Å². The average Bonchev–Trinajstić information content (AvgIpc) is 2.75. The standard InChI is InChI=1S/C17H22O2/c1-5-11-10(3)13-9-19-17(4)8-7-14(18)15(16(13)17)12(11)6-2/h7-8,15-16H,5-6,9H2,1-4H3/t15-,16-,17+/m1/s1. The molecule has 0 N–H and O–H groups in total. The summed E-state index contributed by atoms with van der Waals surface area (Å²) in [7, 11) is 0. The van der Waals surface area contributed by atoms with Crippen LogP contribution in [0.1, 0.15) is 40.5 Å². The van der Waals surface area contributed by atoms with Gasteiger partial charge < -0.3 is 4.74 Å². The zero-order valence-corrected chi connectivity index (χ0v) is 12.2. The molecule has 0 unspecified atom stereocenters. The van der Waals surface area contributed by atoms with Gasteiger partial charge in [-0.2, -0.15) is 0 Å². The predicted molar refractivity (Wildman–Crippen MR) is 75.8 cm³/mol. The van der Waals surface area contributed by atoms with Crippen LogP contribution < -0.4 is 0 Å². The minimum absolute atomic E-state index is 0.0242. The minimum Gasteiger partial charge on any atom is -0.366 e. The third kappa shape index (κ3) is 1.56. The van der Waals surface area contributed by atoms with E-state index in [1.165, 1.54) is 22.3 Å². The molecule has 2 aliphatic carbocycles. The van der Waals surface area contributed by atoms with Gasteiger partial charge in [0, 0.05) is 5.92 Å². The molecule has 3 atom stereocenters. The maximum atomic E-state index is 12.4. The van der Waals surface area contributed by atoms with Crippen LogP contribution in [-0.2, 0) is 9.53 Å². The number of carbonyl (C=O) groups is 1. The molecule has 1 saturated heterocycles. The molecule has 0 amide bonds. The fourth-order valence-electron chi connectivity index (χ4n) is 4.22. The Morgan fingerprint density at radius 2 is 2.11 bits per heavy atom. The predicted octanol–water partition coefficient (Wildman–Crippen LogP) is 3.59. The first-order valence-electron chi connectivity index (χ1n) is 7.32. The van der Waals surface area contributed by atoms with Crippen LogP contribution in [0.2, 0.25) is 0 Å². The molecule has 2 heteroatoms. The summed E-state index contributed by atoms with van der Waals surface area (Å²) in [4.78, 5) is 12.4. The summed E-state index contributed by atoms with van der Waals surface area (Å²) in [6, 6.07) is 0. The van der Waals surface area contributed by atoms with Gasteiger partial charge in [-0.15, -0.1) is 0 Å². The van der Waals surface area contributed by atoms with Gasteiger partial charge >= 0.3 is 0 Å². The van der Waals surface area contributed by atoms with E-state index < -0.39 is 0 Å². The Hall–Kier alpha value is -1.15. The first-order valence-corrected chi connectivity index (χ1v) is 7.32. The van der Waals surface area contributed by atoms with Crippen LogP contribution in [0.3, 0.4) is 0 Å². The summed E-state index contributed by atoms with van der Waals surface area (Å²) in [6.07, 6.45) is 5.69. The highest BCUT2D eigenvalue weighted by atomic mass is 16.5. The number of allylic oxidation sites excluding steroid dienone is 4. The smallest absolute Gasteiger partial charge is 0.163 e. The lowest BCUT2D eigenvalue weighted by molar-refractivity contribution is -0.121. The Bertz CT molecular complexity index is 535. The molecular weight excluding hydrogens is 236 g/mol. The molecular formula is C17H22O2. The highest BCUT2D eigenvalue weighted by Gasteiger charge is 2.53. The summed E-state index contributed by atoms with van der Waals surface area (Å²) < 4.78 is 6.04. The monoisotopic (exact) mass is 258 g/mol. The summed E-state index contributed by atoms with van der Waals surface area (Å²) in [5.74, 6) is 0.521. The normalized spacial score (nSPS) is 37.2. The van der Waals surface area contributed by atoms with Crippen LogP contribution >= 0.6 is 0 Å². The molecule has 0 aromatic heterocycles. The van der Waals surface area contributed by atoms with Gasteiger partial charge in [0.1, 0.15) is 0 Å². The quantitative estimate of drug-likeness (QED) is 0.756. The largest absolute Gasteiger partial charge is 0.366 e. The zero-order chi connectivity index (χ0) is 13.8. The lowest BCUT2D eigenvalue weighted by Gasteiger charge is -2.41. The van der Waals surface area contributed by atoms with E-state index >= 15 is 0 Å². The van der Waals surface area contributed by atoms with E-state index in [0.717, 1.165) is 12.8 Å². The summed E-state index contributed by atoms with van der Waals surface area (Å²) >= 11 is 0. The topological polar surface area (TPSA) is 26.3 Å². The zero-order valence-electron chi connectivity index (χ0n) is 12.2. The lowest BCUT2D eigenvalue weighted by atomic mass is 9.62. The van der Waals surface area contributed by atoms with E-state index in [-0.39, 0.29) is 23.2 Å². The molecule has 1 aliphatic heterocycles. The Kier molecular flexibility index (Phi) is 2.82. The molecule has 0 bridgehead atoms. The molecule has 102 valence electrons. The maximum absolute atomic E-state index is 12.4. The van der Waals surface area contributed by atoms with Crippen molar-refractivity contribution in [1.82, 2.24) is 0 Å². The molecule has 1 fully saturated rings. The second-order valence-corrected chi connectivity index (χ2v) is 6.02. The highest BCUT2D eigenvalue weighted by molar-refractivity contribution is 5.96. The number of rotatable bonds is 2. The Morgan fingerprint density at radius 1 is 1.37 bits per heavy atom. The maximum Gasteiger partial charge on any atom is 0.163 e. The minimum atomic E-state index is -0.283. The first kappa shape index (κ1) is 12.9. The first-order chi connectivity index (χ1) is 9.03. The third-order valence-corrected chi connectivity index (χ3v) is 5.18. The molecule has 0 saturated carbocycles. The molecule has 0 radical (unpaired) electrons. The highest BCUT2D eigenvalue weighted by Crippen LogP contribution is 2.53. The second kappa shape index (κ2) is 4.17. The molecule has 3 aliphatic rings. The van der Waals surface area contributed by atoms with Crippen LogP contribution in [0.4, 0.5) is 0 Å². The van der Waals surface area contributed by atoms with Crippen molar-refractivity contribution in [3.63, 3.8) is 0 Å². The van der Waals surface area contributed by atoms with Crippen molar-refractivity contribution >= 4 is 5.78 Å². The third-order valence-electron chi connectivity index (χ3n) is 5.18. The van der Waals surface area contributed by atoms with Crippen molar-refractivity contribution < 1.29 is 9.53 Å². The number of hydrogen-bond donors (Lipinski definition) is 0. The van der Waals surface area contributed by atoms with Gasteiger partial charge in [-0.1, -0.05) is 19.4 Å². The van der Waals surface area contributed by atoms with Crippen LogP contribution in [0, 0.1) is 11.8 Å². The van der Waals surface area contributed by atoms with Crippen molar-refractivity contribution in [1.29, 1.82) is 0 Å². The fraction of sp³-hybridized carbons (Fsp3) is 0.588. The second-order valence-electron chi connectivity index (χ2n) is 6.02. The van der Waals surface area contributed by atoms with E-state index in [0.29, 0.717) is 6.61 Å². The van der Waals surface area contributed by atoms with Crippen molar-refractivity contribution in [2.75, 3.05) is 6.61 Å². The van der Waals surface area contributed by atoms with Gasteiger partial charge in [0.2, 0.25) is 0 Å².